The molecule has 0 bridgehead atoms. The second-order valence-electron chi connectivity index (χ2n) is 5.88. The summed E-state index contributed by atoms with van der Waals surface area (Å²) in [5, 5.41) is 0. The number of rotatable bonds is 3. The molecule has 1 aromatic rings. The molecule has 5 heteroatoms. The molecule has 0 aliphatic heterocycles. The minimum atomic E-state index is -5.00. The quantitative estimate of drug-likeness (QED) is 0.458. The van der Waals surface area contributed by atoms with Gasteiger partial charge in [0.2, 0.25) is 0 Å². The third-order valence-electron chi connectivity index (χ3n) is 4.37. The number of hydrogen-bond donors (Lipinski definition) is 0. The van der Waals surface area contributed by atoms with E-state index in [9.17, 15) is 22.0 Å². The summed E-state index contributed by atoms with van der Waals surface area (Å²) in [6.07, 6.45) is 3.45. The monoisotopic (exact) mass is 318 g/mol. The van der Waals surface area contributed by atoms with Gasteiger partial charge in [0.1, 0.15) is 17.2 Å². The first-order chi connectivity index (χ1) is 10.3. The summed E-state index contributed by atoms with van der Waals surface area (Å²) in [5.74, 6) is -2.54. The van der Waals surface area contributed by atoms with E-state index in [-0.39, 0.29) is 5.92 Å². The highest BCUT2D eigenvalue weighted by molar-refractivity contribution is 5.30. The Morgan fingerprint density at radius 3 is 2.05 bits per heavy atom. The van der Waals surface area contributed by atoms with Crippen molar-refractivity contribution in [3.05, 3.63) is 47.0 Å². The summed E-state index contributed by atoms with van der Waals surface area (Å²) in [6, 6.07) is 1.70. The molecule has 1 aromatic carbocycles. The molecule has 0 aromatic heterocycles. The molecule has 1 fully saturated rings. The molecule has 22 heavy (non-hydrogen) atoms. The predicted octanol–water partition coefficient (Wildman–Crippen LogP) is 6.22. The van der Waals surface area contributed by atoms with E-state index in [1.54, 1.807) is 0 Å². The summed E-state index contributed by atoms with van der Waals surface area (Å²) in [5.41, 5.74) is -1.45. The van der Waals surface area contributed by atoms with Crippen LogP contribution in [-0.4, -0.2) is 0 Å². The van der Waals surface area contributed by atoms with Crippen LogP contribution in [0.1, 0.15) is 56.1 Å². The first kappa shape index (κ1) is 17.0. The van der Waals surface area contributed by atoms with Gasteiger partial charge >= 0.3 is 6.18 Å². The second kappa shape index (κ2) is 6.80. The molecular formula is C17H19F5. The van der Waals surface area contributed by atoms with Crippen LogP contribution in [0.3, 0.4) is 0 Å². The minimum absolute atomic E-state index is 0.0619. The van der Waals surface area contributed by atoms with Crippen molar-refractivity contribution in [2.75, 3.05) is 0 Å². The van der Waals surface area contributed by atoms with Crippen LogP contribution in [0, 0.1) is 17.6 Å². The number of halogens is 5. The molecule has 0 spiro atoms. The zero-order valence-corrected chi connectivity index (χ0v) is 12.4. The van der Waals surface area contributed by atoms with Gasteiger partial charge in [0.05, 0.1) is 0 Å². The highest BCUT2D eigenvalue weighted by Gasteiger charge is 2.38. The van der Waals surface area contributed by atoms with Crippen LogP contribution >= 0.6 is 0 Å². The molecule has 0 amide bonds. The van der Waals surface area contributed by atoms with Gasteiger partial charge in [0, 0.05) is 0 Å². The molecule has 0 radical (unpaired) electrons. The van der Waals surface area contributed by atoms with Gasteiger partial charge in [-0.3, -0.25) is 0 Å². The van der Waals surface area contributed by atoms with E-state index in [0.29, 0.717) is 11.5 Å². The van der Waals surface area contributed by atoms with E-state index < -0.39 is 23.4 Å². The van der Waals surface area contributed by atoms with Gasteiger partial charge in [-0.05, 0) is 68.6 Å². The maximum atomic E-state index is 13.6. The molecule has 0 unspecified atom stereocenters. The standard InChI is InChI=1S/C17H19F5/c1-2-3-4-11-5-7-12(8-6-11)13-9-14(18)16(15(19)10-13)17(20,21)22/h2-3,9-12H,4-8H2,1H3/b3-2+/t11-,12-. The minimum Gasteiger partial charge on any atom is -0.206 e. The molecule has 0 N–H and O–H groups in total. The Bertz CT molecular complexity index is 513. The van der Waals surface area contributed by atoms with Crippen LogP contribution in [-0.2, 0) is 6.18 Å². The van der Waals surface area contributed by atoms with Crippen molar-refractivity contribution >= 4 is 0 Å². The van der Waals surface area contributed by atoms with Gasteiger partial charge in [0.25, 0.3) is 0 Å². The Morgan fingerprint density at radius 2 is 1.59 bits per heavy atom. The summed E-state index contributed by atoms with van der Waals surface area (Å²) >= 11 is 0. The van der Waals surface area contributed by atoms with Gasteiger partial charge in [0.15, 0.2) is 0 Å². The fourth-order valence-electron chi connectivity index (χ4n) is 3.16. The van der Waals surface area contributed by atoms with Crippen LogP contribution in [0.25, 0.3) is 0 Å². The first-order valence-electron chi connectivity index (χ1n) is 7.50. The van der Waals surface area contributed by atoms with Gasteiger partial charge in [-0.2, -0.15) is 13.2 Å². The average molecular weight is 318 g/mol. The number of alkyl halides is 3. The molecule has 1 aliphatic rings. The largest absolute Gasteiger partial charge is 0.422 e. The molecule has 1 saturated carbocycles. The van der Waals surface area contributed by atoms with Gasteiger partial charge < -0.3 is 0 Å². The summed E-state index contributed by atoms with van der Waals surface area (Å²) in [4.78, 5) is 0. The number of hydrogen-bond acceptors (Lipinski definition) is 0. The van der Waals surface area contributed by atoms with Crippen molar-refractivity contribution in [1.29, 1.82) is 0 Å². The highest BCUT2D eigenvalue weighted by Crippen LogP contribution is 2.40. The second-order valence-corrected chi connectivity index (χ2v) is 5.88. The lowest BCUT2D eigenvalue weighted by atomic mass is 9.77. The summed E-state index contributed by atoms with van der Waals surface area (Å²) in [7, 11) is 0. The Balaban J connectivity index is 2.12. The zero-order valence-electron chi connectivity index (χ0n) is 12.4. The fraction of sp³-hybridized carbons (Fsp3) is 0.529. The van der Waals surface area contributed by atoms with Crippen molar-refractivity contribution in [2.24, 2.45) is 5.92 Å². The molecule has 0 atom stereocenters. The smallest absolute Gasteiger partial charge is 0.206 e. The lowest BCUT2D eigenvalue weighted by Crippen LogP contribution is -2.16. The zero-order chi connectivity index (χ0) is 16.3. The maximum Gasteiger partial charge on any atom is 0.422 e. The van der Waals surface area contributed by atoms with Crippen molar-refractivity contribution in [2.45, 2.75) is 51.1 Å². The number of allylic oxidation sites excluding steroid dienone is 2. The molecule has 0 heterocycles. The Kier molecular flexibility index (Phi) is 5.24. The van der Waals surface area contributed by atoms with E-state index in [2.05, 4.69) is 6.08 Å². The van der Waals surface area contributed by atoms with Gasteiger partial charge in [-0.15, -0.1) is 0 Å². The van der Waals surface area contributed by atoms with E-state index in [1.807, 2.05) is 13.0 Å². The normalized spacial score (nSPS) is 23.2. The Morgan fingerprint density at radius 1 is 1.05 bits per heavy atom. The van der Waals surface area contributed by atoms with Crippen molar-refractivity contribution < 1.29 is 22.0 Å². The van der Waals surface area contributed by atoms with Gasteiger partial charge in [-0.25, -0.2) is 8.78 Å². The third kappa shape index (κ3) is 3.87. The van der Waals surface area contributed by atoms with Crippen LogP contribution < -0.4 is 0 Å². The van der Waals surface area contributed by atoms with Crippen molar-refractivity contribution in [3.8, 4) is 0 Å². The predicted molar refractivity (Wildman–Crippen MR) is 75.5 cm³/mol. The van der Waals surface area contributed by atoms with E-state index in [1.165, 1.54) is 0 Å². The Hall–Kier alpha value is -1.39. The topological polar surface area (TPSA) is 0 Å². The van der Waals surface area contributed by atoms with Crippen LogP contribution in [0.4, 0.5) is 22.0 Å². The van der Waals surface area contributed by atoms with E-state index in [0.717, 1.165) is 44.2 Å². The average Bonchev–Trinajstić information content (AvgIpc) is 2.43. The van der Waals surface area contributed by atoms with Crippen LogP contribution in [0.2, 0.25) is 0 Å². The highest BCUT2D eigenvalue weighted by atomic mass is 19.4. The van der Waals surface area contributed by atoms with Gasteiger partial charge in [-0.1, -0.05) is 12.2 Å². The first-order valence-corrected chi connectivity index (χ1v) is 7.50. The molecule has 2 rings (SSSR count). The Labute approximate surface area is 127 Å². The number of benzene rings is 1. The molecule has 0 nitrogen and oxygen atoms in total. The van der Waals surface area contributed by atoms with Crippen LogP contribution in [0.15, 0.2) is 24.3 Å². The lowest BCUT2D eigenvalue weighted by Gasteiger charge is -2.28. The molecular weight excluding hydrogens is 299 g/mol. The lowest BCUT2D eigenvalue weighted by molar-refractivity contribution is -0.142. The summed E-state index contributed by atoms with van der Waals surface area (Å²) in [6.45, 7) is 1.96. The summed E-state index contributed by atoms with van der Waals surface area (Å²) < 4.78 is 65.0. The SMILES string of the molecule is C/C=C/C[C@H]1CC[C@H](c2cc(F)c(C(F)(F)F)c(F)c2)CC1. The van der Waals surface area contributed by atoms with E-state index in [4.69, 9.17) is 0 Å². The van der Waals surface area contributed by atoms with E-state index >= 15 is 0 Å². The molecule has 0 saturated heterocycles. The molecule has 1 aliphatic carbocycles. The van der Waals surface area contributed by atoms with Crippen LogP contribution in [0.5, 0.6) is 0 Å². The molecule has 122 valence electrons. The van der Waals surface area contributed by atoms with Crippen molar-refractivity contribution in [3.63, 3.8) is 0 Å². The fourth-order valence-corrected chi connectivity index (χ4v) is 3.16. The van der Waals surface area contributed by atoms with Crippen molar-refractivity contribution in [1.82, 2.24) is 0 Å². The maximum absolute atomic E-state index is 13.6. The third-order valence-corrected chi connectivity index (χ3v) is 4.37.